The summed E-state index contributed by atoms with van der Waals surface area (Å²) in [5, 5.41) is 2.92. The highest BCUT2D eigenvalue weighted by atomic mass is 35.5. The van der Waals surface area contributed by atoms with Crippen molar-refractivity contribution in [3.63, 3.8) is 0 Å². The Balaban J connectivity index is 1.41. The zero-order chi connectivity index (χ0) is 27.3. The van der Waals surface area contributed by atoms with E-state index in [1.54, 1.807) is 18.1 Å². The van der Waals surface area contributed by atoms with Crippen LogP contribution in [0.5, 0.6) is 0 Å². The van der Waals surface area contributed by atoms with E-state index in [-0.39, 0.29) is 35.0 Å². The molecular formula is C30H30ClFN4O3. The number of ether oxygens (including phenoxy) is 1. The van der Waals surface area contributed by atoms with Gasteiger partial charge in [0.2, 0.25) is 5.91 Å². The third kappa shape index (κ3) is 4.08. The Bertz CT molecular complexity index is 1410. The number of amides is 3. The van der Waals surface area contributed by atoms with E-state index in [0.717, 1.165) is 23.2 Å². The van der Waals surface area contributed by atoms with Gasteiger partial charge in [-0.2, -0.15) is 0 Å². The lowest BCUT2D eigenvalue weighted by atomic mass is 9.59. The maximum absolute atomic E-state index is 14.1. The van der Waals surface area contributed by atoms with Crippen LogP contribution >= 0.6 is 11.6 Å². The SMILES string of the molecule is CCC1C2CC3(CCN2C(=O)N[C@@H]1OC)C(=O)N(c1ccc(F)c(Cl)c1)C3c1ccc(-c2ccccc2)cn1. The normalized spacial score (nSPS) is 28.2. The third-order valence-electron chi connectivity index (χ3n) is 8.69. The van der Waals surface area contributed by atoms with Gasteiger partial charge in [0.1, 0.15) is 12.0 Å². The third-order valence-corrected chi connectivity index (χ3v) is 8.98. The van der Waals surface area contributed by atoms with Crippen molar-refractivity contribution in [3.05, 3.63) is 83.4 Å². The number of carbonyl (C=O) groups excluding carboxylic acids is 2. The van der Waals surface area contributed by atoms with Crippen LogP contribution in [0.2, 0.25) is 5.02 Å². The Morgan fingerprint density at radius 2 is 1.92 bits per heavy atom. The van der Waals surface area contributed by atoms with Crippen LogP contribution in [0.25, 0.3) is 11.1 Å². The molecule has 39 heavy (non-hydrogen) atoms. The summed E-state index contributed by atoms with van der Waals surface area (Å²) in [5.41, 5.74) is 2.55. The van der Waals surface area contributed by atoms with Crippen LogP contribution in [0.3, 0.4) is 0 Å². The van der Waals surface area contributed by atoms with E-state index in [9.17, 15) is 14.0 Å². The molecule has 2 aromatic carbocycles. The fraction of sp³-hybridized carbons (Fsp3) is 0.367. The van der Waals surface area contributed by atoms with Crippen LogP contribution in [0.1, 0.15) is 37.9 Å². The van der Waals surface area contributed by atoms with Crippen LogP contribution in [-0.2, 0) is 9.53 Å². The van der Waals surface area contributed by atoms with E-state index >= 15 is 0 Å². The number of pyridine rings is 1. The largest absolute Gasteiger partial charge is 0.361 e. The number of piperidine rings is 1. The molecule has 4 heterocycles. The number of nitrogens with zero attached hydrogens (tertiary/aromatic N) is 3. The Kier molecular flexibility index (Phi) is 6.55. The van der Waals surface area contributed by atoms with Crippen molar-refractivity contribution in [1.82, 2.24) is 15.2 Å². The van der Waals surface area contributed by atoms with E-state index in [4.69, 9.17) is 21.3 Å². The predicted molar refractivity (Wildman–Crippen MR) is 147 cm³/mol. The summed E-state index contributed by atoms with van der Waals surface area (Å²) in [6, 6.07) is 17.6. The first-order valence-corrected chi connectivity index (χ1v) is 13.7. The smallest absolute Gasteiger partial charge is 0.319 e. The molecule has 0 bridgehead atoms. The number of halogens is 2. The van der Waals surface area contributed by atoms with Crippen LogP contribution in [0.15, 0.2) is 66.9 Å². The van der Waals surface area contributed by atoms with Crippen LogP contribution in [-0.4, -0.2) is 47.7 Å². The average Bonchev–Trinajstić information content (AvgIpc) is 2.97. The summed E-state index contributed by atoms with van der Waals surface area (Å²) < 4.78 is 19.7. The Labute approximate surface area is 231 Å². The lowest BCUT2D eigenvalue weighted by Gasteiger charge is -2.61. The first-order chi connectivity index (χ1) is 18.9. The molecular weight excluding hydrogens is 519 g/mol. The van der Waals surface area contributed by atoms with Gasteiger partial charge in [-0.1, -0.05) is 54.9 Å². The van der Waals surface area contributed by atoms with E-state index in [1.165, 1.54) is 12.1 Å². The number of urea groups is 1. The Morgan fingerprint density at radius 1 is 1.13 bits per heavy atom. The van der Waals surface area contributed by atoms with Crippen molar-refractivity contribution < 1.29 is 18.7 Å². The molecule has 5 atom stereocenters. The van der Waals surface area contributed by atoms with Gasteiger partial charge < -0.3 is 19.9 Å². The minimum Gasteiger partial charge on any atom is -0.361 e. The molecule has 3 saturated heterocycles. The maximum Gasteiger partial charge on any atom is 0.319 e. The van der Waals surface area contributed by atoms with Gasteiger partial charge in [-0.05, 0) is 49.1 Å². The summed E-state index contributed by atoms with van der Waals surface area (Å²) >= 11 is 6.13. The van der Waals surface area contributed by atoms with Crippen LogP contribution < -0.4 is 10.2 Å². The number of hydrogen-bond donors (Lipinski definition) is 1. The lowest BCUT2D eigenvalue weighted by Crippen LogP contribution is -2.72. The average molecular weight is 549 g/mol. The molecule has 3 fully saturated rings. The van der Waals surface area contributed by atoms with Gasteiger partial charge in [0.25, 0.3) is 0 Å². The standard InChI is InChI=1S/C30H30ClFN4O3/c1-3-21-25-16-30(13-14-35(25)29(38)34-27(21)39-2)26(36(28(30)37)20-10-11-23(32)22(31)15-20)24-12-9-19(17-33-24)18-7-5-4-6-8-18/h4-12,15,17,21,25-27H,3,13-14,16H2,1-2H3,(H,34,38)/t21?,25?,26?,27-,30?/m1/s1. The van der Waals surface area contributed by atoms with E-state index in [2.05, 4.69) is 12.2 Å². The van der Waals surface area contributed by atoms with Gasteiger partial charge in [0, 0.05) is 43.1 Å². The highest BCUT2D eigenvalue weighted by molar-refractivity contribution is 6.31. The topological polar surface area (TPSA) is 74.8 Å². The van der Waals surface area contributed by atoms with Gasteiger partial charge in [-0.25, -0.2) is 9.18 Å². The summed E-state index contributed by atoms with van der Waals surface area (Å²) in [4.78, 5) is 35.4. The van der Waals surface area contributed by atoms with Crippen molar-refractivity contribution in [1.29, 1.82) is 0 Å². The fourth-order valence-corrected chi connectivity index (χ4v) is 6.90. The molecule has 1 aromatic heterocycles. The monoisotopic (exact) mass is 548 g/mol. The summed E-state index contributed by atoms with van der Waals surface area (Å²) in [7, 11) is 1.59. The van der Waals surface area contributed by atoms with Crippen molar-refractivity contribution >= 4 is 29.2 Å². The minimum absolute atomic E-state index is 0.0288. The number of nitrogens with one attached hydrogen (secondary N) is 1. The zero-order valence-corrected chi connectivity index (χ0v) is 22.6. The Morgan fingerprint density at radius 3 is 2.59 bits per heavy atom. The van der Waals surface area contributed by atoms with Gasteiger partial charge >= 0.3 is 6.03 Å². The molecule has 1 N–H and O–H groups in total. The minimum atomic E-state index is -0.757. The summed E-state index contributed by atoms with van der Waals surface area (Å²) in [6.45, 7) is 2.52. The molecule has 9 heteroatoms. The molecule has 4 unspecified atom stereocenters. The van der Waals surface area contributed by atoms with Crippen molar-refractivity contribution in [2.75, 3.05) is 18.6 Å². The molecule has 0 saturated carbocycles. The number of rotatable bonds is 5. The first kappa shape index (κ1) is 25.8. The van der Waals surface area contributed by atoms with Crippen molar-refractivity contribution in [3.8, 4) is 11.1 Å². The number of benzene rings is 2. The van der Waals surface area contributed by atoms with Gasteiger partial charge in [-0.15, -0.1) is 0 Å². The highest BCUT2D eigenvalue weighted by Gasteiger charge is 2.65. The van der Waals surface area contributed by atoms with Crippen LogP contribution in [0, 0.1) is 17.2 Å². The van der Waals surface area contributed by atoms with Crippen LogP contribution in [0.4, 0.5) is 14.9 Å². The molecule has 1 spiro atoms. The Hall–Kier alpha value is -3.49. The number of fused-ring (bicyclic) bond motifs is 1. The molecule has 0 radical (unpaired) electrons. The second-order valence-corrected chi connectivity index (χ2v) is 11.0. The van der Waals surface area contributed by atoms with Gasteiger partial charge in [0.05, 0.1) is 22.2 Å². The van der Waals surface area contributed by atoms with Crippen molar-refractivity contribution in [2.45, 2.75) is 44.5 Å². The molecule has 3 aliphatic heterocycles. The number of anilines is 1. The molecule has 7 nitrogen and oxygen atoms in total. The zero-order valence-electron chi connectivity index (χ0n) is 21.8. The number of β-lactam (4-membered cyclic amide) rings is 1. The molecule has 6 rings (SSSR count). The first-order valence-electron chi connectivity index (χ1n) is 13.3. The number of carbonyl (C=O) groups is 2. The molecule has 202 valence electrons. The number of hydrogen-bond acceptors (Lipinski definition) is 4. The summed E-state index contributed by atoms with van der Waals surface area (Å²) in [5.74, 6) is -0.567. The van der Waals surface area contributed by atoms with Gasteiger partial charge in [0.15, 0.2) is 0 Å². The molecule has 3 amide bonds. The molecule has 0 aliphatic carbocycles. The summed E-state index contributed by atoms with van der Waals surface area (Å²) in [6.07, 6.45) is 3.20. The van der Waals surface area contributed by atoms with Crippen molar-refractivity contribution in [2.24, 2.45) is 11.3 Å². The quantitative estimate of drug-likeness (QED) is 0.409. The molecule has 3 aromatic rings. The van der Waals surface area contributed by atoms with E-state index in [1.807, 2.05) is 53.6 Å². The number of aromatic nitrogens is 1. The predicted octanol–water partition coefficient (Wildman–Crippen LogP) is 5.80. The lowest BCUT2D eigenvalue weighted by molar-refractivity contribution is -0.150. The van der Waals surface area contributed by atoms with Gasteiger partial charge in [-0.3, -0.25) is 9.78 Å². The number of methoxy groups -OCH3 is 1. The van der Waals surface area contributed by atoms with E-state index < -0.39 is 17.5 Å². The maximum atomic E-state index is 14.1. The fourth-order valence-electron chi connectivity index (χ4n) is 6.72. The second-order valence-electron chi connectivity index (χ2n) is 10.6. The second kappa shape index (κ2) is 9.92. The molecule has 3 aliphatic rings. The highest BCUT2D eigenvalue weighted by Crippen LogP contribution is 2.59. The van der Waals surface area contributed by atoms with E-state index in [0.29, 0.717) is 25.1 Å².